The zero-order chi connectivity index (χ0) is 20.9. The second-order valence-electron chi connectivity index (χ2n) is 9.19. The highest BCUT2D eigenvalue weighted by Crippen LogP contribution is 2.15. The van der Waals surface area contributed by atoms with E-state index in [0.717, 1.165) is 13.0 Å². The topological polar surface area (TPSA) is 53.1 Å². The number of likely N-dealkylation sites (tertiary alicyclic amines) is 1. The molecule has 0 saturated carbocycles. The van der Waals surface area contributed by atoms with Crippen molar-refractivity contribution >= 4 is 12.0 Å². The second-order valence-corrected chi connectivity index (χ2v) is 9.19. The number of carbonyl (C=O) groups excluding carboxylic acids is 2. The summed E-state index contributed by atoms with van der Waals surface area (Å²) in [5.74, 6) is -0.0103. The van der Waals surface area contributed by atoms with Crippen molar-refractivity contribution in [2.24, 2.45) is 0 Å². The van der Waals surface area contributed by atoms with Crippen molar-refractivity contribution in [1.29, 1.82) is 0 Å². The van der Waals surface area contributed by atoms with Crippen LogP contribution in [0.25, 0.3) is 0 Å². The van der Waals surface area contributed by atoms with Gasteiger partial charge in [0.25, 0.3) is 0 Å². The molecule has 2 saturated heterocycles. The molecule has 0 N–H and O–H groups in total. The van der Waals surface area contributed by atoms with Crippen LogP contribution in [0.3, 0.4) is 0 Å². The highest BCUT2D eigenvalue weighted by Gasteiger charge is 2.29. The number of benzene rings is 1. The molecule has 2 fully saturated rings. The summed E-state index contributed by atoms with van der Waals surface area (Å²) in [5.41, 5.74) is 2.06. The fraction of sp³-hybridized carbons (Fsp3) is 0.652. The average Bonchev–Trinajstić information content (AvgIpc) is 2.67. The minimum absolute atomic E-state index is 0.0103. The van der Waals surface area contributed by atoms with Crippen LogP contribution < -0.4 is 0 Å². The van der Waals surface area contributed by atoms with E-state index in [1.807, 2.05) is 25.7 Å². The zero-order valence-electron chi connectivity index (χ0n) is 18.2. The smallest absolute Gasteiger partial charge is 0.410 e. The van der Waals surface area contributed by atoms with E-state index in [0.29, 0.717) is 19.6 Å². The lowest BCUT2D eigenvalue weighted by Gasteiger charge is -2.35. The van der Waals surface area contributed by atoms with Crippen LogP contribution in [0.1, 0.15) is 51.2 Å². The lowest BCUT2D eigenvalue weighted by atomic mass is 10.1. The third-order valence-corrected chi connectivity index (χ3v) is 5.52. The molecule has 3 rings (SSSR count). The molecule has 0 aliphatic carbocycles. The van der Waals surface area contributed by atoms with Crippen LogP contribution in [0, 0.1) is 0 Å². The molecular formula is C23H35N3O3. The molecule has 0 aromatic heterocycles. The van der Waals surface area contributed by atoms with Gasteiger partial charge in [0.15, 0.2) is 0 Å². The maximum atomic E-state index is 12.4. The van der Waals surface area contributed by atoms with Gasteiger partial charge in [-0.05, 0) is 64.3 Å². The molecule has 6 heteroatoms. The van der Waals surface area contributed by atoms with Gasteiger partial charge >= 0.3 is 6.09 Å². The van der Waals surface area contributed by atoms with Crippen molar-refractivity contribution < 1.29 is 14.3 Å². The Morgan fingerprint density at radius 3 is 2.24 bits per heavy atom. The Balaban J connectivity index is 1.43. The quantitative estimate of drug-likeness (QED) is 0.760. The number of hydrogen-bond donors (Lipinski definition) is 0. The minimum atomic E-state index is -0.544. The normalized spacial score (nSPS) is 18.8. The van der Waals surface area contributed by atoms with Crippen molar-refractivity contribution in [3.05, 3.63) is 35.4 Å². The Kier molecular flexibility index (Phi) is 7.17. The van der Waals surface area contributed by atoms with Gasteiger partial charge in [0.2, 0.25) is 5.91 Å². The molecule has 1 aromatic rings. The molecule has 0 unspecified atom stereocenters. The van der Waals surface area contributed by atoms with Crippen LogP contribution in [0.2, 0.25) is 0 Å². The molecule has 0 atom stereocenters. The van der Waals surface area contributed by atoms with Gasteiger partial charge in [0.05, 0.1) is 0 Å². The van der Waals surface area contributed by atoms with Crippen LogP contribution in [0.4, 0.5) is 4.79 Å². The van der Waals surface area contributed by atoms with E-state index in [9.17, 15) is 9.59 Å². The highest BCUT2D eigenvalue weighted by atomic mass is 16.6. The third kappa shape index (κ3) is 6.74. The monoisotopic (exact) mass is 401 g/mol. The van der Waals surface area contributed by atoms with E-state index in [1.54, 1.807) is 0 Å². The second kappa shape index (κ2) is 9.61. The summed E-state index contributed by atoms with van der Waals surface area (Å²) in [5, 5.41) is 0. The lowest BCUT2D eigenvalue weighted by molar-refractivity contribution is -0.135. The Bertz CT molecular complexity index is 690. The van der Waals surface area contributed by atoms with Gasteiger partial charge in [-0.3, -0.25) is 14.6 Å². The van der Waals surface area contributed by atoms with Crippen molar-refractivity contribution in [2.75, 3.05) is 39.3 Å². The molecule has 160 valence electrons. The number of carbonyl (C=O) groups is 2. The van der Waals surface area contributed by atoms with E-state index >= 15 is 0 Å². The number of amides is 2. The first-order valence-electron chi connectivity index (χ1n) is 10.9. The Hall–Kier alpha value is -2.08. The number of hydrogen-bond acceptors (Lipinski definition) is 4. The highest BCUT2D eigenvalue weighted by molar-refractivity contribution is 5.83. The molecule has 2 amide bonds. The molecular weight excluding hydrogens is 366 g/mol. The van der Waals surface area contributed by atoms with Crippen molar-refractivity contribution in [1.82, 2.24) is 14.7 Å². The van der Waals surface area contributed by atoms with E-state index in [2.05, 4.69) is 29.2 Å². The van der Waals surface area contributed by atoms with Gasteiger partial charge in [-0.2, -0.15) is 0 Å². The maximum absolute atomic E-state index is 12.4. The largest absolute Gasteiger partial charge is 0.444 e. The number of rotatable bonds is 5. The number of piperazine rings is 1. The predicted octanol–water partition coefficient (Wildman–Crippen LogP) is 3.29. The predicted molar refractivity (Wildman–Crippen MR) is 114 cm³/mol. The molecule has 0 radical (unpaired) electrons. The van der Waals surface area contributed by atoms with Gasteiger partial charge in [-0.1, -0.05) is 30.7 Å². The SMILES string of the molecule is CC(C)(C)OC(=O)N1CCN(CCc2ccc(CN3CCCCC3)cc2)C(=O)C1. The van der Waals surface area contributed by atoms with E-state index < -0.39 is 11.7 Å². The summed E-state index contributed by atoms with van der Waals surface area (Å²) in [7, 11) is 0. The van der Waals surface area contributed by atoms with Crippen molar-refractivity contribution in [2.45, 2.75) is 58.6 Å². The summed E-state index contributed by atoms with van der Waals surface area (Å²) in [6, 6.07) is 8.79. The molecule has 0 spiro atoms. The Labute approximate surface area is 174 Å². The Morgan fingerprint density at radius 2 is 1.62 bits per heavy atom. The Morgan fingerprint density at radius 1 is 0.966 bits per heavy atom. The summed E-state index contributed by atoms with van der Waals surface area (Å²) < 4.78 is 5.37. The first-order chi connectivity index (χ1) is 13.8. The van der Waals surface area contributed by atoms with E-state index in [4.69, 9.17) is 4.74 Å². The first kappa shape index (κ1) is 21.6. The fourth-order valence-corrected chi connectivity index (χ4v) is 3.88. The summed E-state index contributed by atoms with van der Waals surface area (Å²) in [6.07, 6.45) is 4.41. The van der Waals surface area contributed by atoms with Crippen molar-refractivity contribution in [3.63, 3.8) is 0 Å². The molecule has 2 aliphatic heterocycles. The van der Waals surface area contributed by atoms with Crippen molar-refractivity contribution in [3.8, 4) is 0 Å². The number of piperidine rings is 1. The zero-order valence-corrected chi connectivity index (χ0v) is 18.2. The summed E-state index contributed by atoms with van der Waals surface area (Å²) in [6.45, 7) is 10.8. The van der Waals surface area contributed by atoms with Gasteiger partial charge in [-0.15, -0.1) is 0 Å². The average molecular weight is 402 g/mol. The molecule has 1 aromatic carbocycles. The number of ether oxygens (including phenoxy) is 1. The minimum Gasteiger partial charge on any atom is -0.444 e. The molecule has 2 heterocycles. The maximum Gasteiger partial charge on any atom is 0.410 e. The lowest BCUT2D eigenvalue weighted by Crippen LogP contribution is -2.53. The molecule has 0 bridgehead atoms. The fourth-order valence-electron chi connectivity index (χ4n) is 3.88. The summed E-state index contributed by atoms with van der Waals surface area (Å²) in [4.78, 5) is 30.5. The molecule has 29 heavy (non-hydrogen) atoms. The van der Waals surface area contributed by atoms with Crippen LogP contribution in [-0.2, 0) is 22.5 Å². The van der Waals surface area contributed by atoms with Gasteiger partial charge in [0.1, 0.15) is 12.1 Å². The molecule has 2 aliphatic rings. The van der Waals surface area contributed by atoms with Gasteiger partial charge in [0, 0.05) is 26.2 Å². The third-order valence-electron chi connectivity index (χ3n) is 5.52. The van der Waals surface area contributed by atoms with Gasteiger partial charge < -0.3 is 9.64 Å². The standard InChI is InChI=1S/C23H35N3O3/c1-23(2,3)29-22(28)26-16-15-25(21(27)18-26)14-11-19-7-9-20(10-8-19)17-24-12-5-4-6-13-24/h7-10H,4-6,11-18H2,1-3H3. The molecule has 6 nitrogen and oxygen atoms in total. The van der Waals surface area contributed by atoms with Crippen LogP contribution >= 0.6 is 0 Å². The first-order valence-corrected chi connectivity index (χ1v) is 10.9. The van der Waals surface area contributed by atoms with E-state index in [-0.39, 0.29) is 12.5 Å². The van der Waals surface area contributed by atoms with Crippen LogP contribution in [-0.4, -0.2) is 71.6 Å². The van der Waals surface area contributed by atoms with Crippen LogP contribution in [0.5, 0.6) is 0 Å². The van der Waals surface area contributed by atoms with Crippen LogP contribution in [0.15, 0.2) is 24.3 Å². The van der Waals surface area contributed by atoms with E-state index in [1.165, 1.54) is 48.4 Å². The summed E-state index contributed by atoms with van der Waals surface area (Å²) >= 11 is 0. The van der Waals surface area contributed by atoms with Gasteiger partial charge in [-0.25, -0.2) is 4.79 Å². The number of nitrogens with zero attached hydrogens (tertiary/aromatic N) is 3.